The lowest BCUT2D eigenvalue weighted by Gasteiger charge is -2.35. The third kappa shape index (κ3) is 3.45. The van der Waals surface area contributed by atoms with Crippen LogP contribution in [-0.2, 0) is 9.59 Å². The largest absolute Gasteiger partial charge is 0.352 e. The Hall–Kier alpha value is -1.10. The van der Waals surface area contributed by atoms with E-state index in [1.165, 1.54) is 0 Å². The van der Waals surface area contributed by atoms with E-state index in [1.807, 2.05) is 0 Å². The van der Waals surface area contributed by atoms with E-state index in [0.29, 0.717) is 24.8 Å². The Kier molecular flexibility index (Phi) is 3.90. The minimum Gasteiger partial charge on any atom is -0.352 e. The number of rotatable bonds is 4. The monoisotopic (exact) mass is 253 g/mol. The predicted octanol–water partition coefficient (Wildman–Crippen LogP) is 0.289. The molecule has 0 aromatic heterocycles. The van der Waals surface area contributed by atoms with Crippen LogP contribution in [0.2, 0.25) is 0 Å². The molecule has 102 valence electrons. The molecule has 0 aromatic carbocycles. The van der Waals surface area contributed by atoms with E-state index in [2.05, 4.69) is 17.6 Å². The summed E-state index contributed by atoms with van der Waals surface area (Å²) >= 11 is 0. The van der Waals surface area contributed by atoms with Crippen LogP contribution >= 0.6 is 0 Å². The molecule has 0 bridgehead atoms. The number of nitrogens with one attached hydrogen (secondary N) is 2. The van der Waals surface area contributed by atoms with Crippen molar-refractivity contribution in [2.75, 3.05) is 6.54 Å². The van der Waals surface area contributed by atoms with E-state index in [9.17, 15) is 9.59 Å². The van der Waals surface area contributed by atoms with Crippen LogP contribution in [0.25, 0.3) is 0 Å². The van der Waals surface area contributed by atoms with Crippen molar-refractivity contribution in [3.8, 4) is 0 Å². The van der Waals surface area contributed by atoms with Crippen molar-refractivity contribution in [3.63, 3.8) is 0 Å². The van der Waals surface area contributed by atoms with Crippen molar-refractivity contribution in [2.24, 2.45) is 11.7 Å². The van der Waals surface area contributed by atoms with Crippen LogP contribution in [0, 0.1) is 5.92 Å². The molecule has 2 atom stereocenters. The molecule has 5 heteroatoms. The highest BCUT2D eigenvalue weighted by Gasteiger charge is 2.38. The first kappa shape index (κ1) is 13.3. The number of nitrogens with two attached hydrogens (primary N) is 1. The summed E-state index contributed by atoms with van der Waals surface area (Å²) in [6.45, 7) is 2.16. The average molecular weight is 253 g/mol. The van der Waals surface area contributed by atoms with Gasteiger partial charge < -0.3 is 16.4 Å². The Morgan fingerprint density at radius 1 is 1.33 bits per heavy atom. The van der Waals surface area contributed by atoms with Gasteiger partial charge in [0.2, 0.25) is 11.8 Å². The highest BCUT2D eigenvalue weighted by atomic mass is 16.2. The standard InChI is InChI=1S/C13H23N3O2/c1-9-3-2-6-13(14,7-9)12(18)15-8-11(17)16-10-4-5-10/h9-10H,2-8,14H2,1H3,(H,15,18)(H,16,17). The fourth-order valence-corrected chi connectivity index (χ4v) is 2.64. The molecule has 18 heavy (non-hydrogen) atoms. The lowest BCUT2D eigenvalue weighted by Crippen LogP contribution is -2.57. The van der Waals surface area contributed by atoms with Crippen LogP contribution in [0.4, 0.5) is 0 Å². The Bertz CT molecular complexity index is 341. The van der Waals surface area contributed by atoms with E-state index >= 15 is 0 Å². The number of carbonyl (C=O) groups is 2. The maximum Gasteiger partial charge on any atom is 0.240 e. The van der Waals surface area contributed by atoms with Gasteiger partial charge in [0.15, 0.2) is 0 Å². The Morgan fingerprint density at radius 3 is 2.67 bits per heavy atom. The zero-order chi connectivity index (χ0) is 13.2. The zero-order valence-corrected chi connectivity index (χ0v) is 11.0. The quantitative estimate of drug-likeness (QED) is 0.673. The third-order valence-corrected chi connectivity index (χ3v) is 3.84. The predicted molar refractivity (Wildman–Crippen MR) is 68.7 cm³/mol. The van der Waals surface area contributed by atoms with Crippen molar-refractivity contribution in [1.29, 1.82) is 0 Å². The van der Waals surface area contributed by atoms with E-state index < -0.39 is 5.54 Å². The molecule has 2 unspecified atom stereocenters. The second-order valence-electron chi connectivity index (χ2n) is 5.88. The molecular formula is C13H23N3O2. The molecule has 0 spiro atoms. The summed E-state index contributed by atoms with van der Waals surface area (Å²) in [5.41, 5.74) is 5.37. The summed E-state index contributed by atoms with van der Waals surface area (Å²) in [5.74, 6) is 0.188. The maximum absolute atomic E-state index is 12.1. The first-order valence-corrected chi connectivity index (χ1v) is 6.86. The van der Waals surface area contributed by atoms with Gasteiger partial charge in [0.25, 0.3) is 0 Å². The third-order valence-electron chi connectivity index (χ3n) is 3.84. The van der Waals surface area contributed by atoms with Crippen LogP contribution in [0.1, 0.15) is 45.4 Å². The molecule has 2 rings (SSSR count). The van der Waals surface area contributed by atoms with Crippen molar-refractivity contribution >= 4 is 11.8 Å². The van der Waals surface area contributed by atoms with Crippen LogP contribution < -0.4 is 16.4 Å². The molecule has 0 heterocycles. The Labute approximate surface area is 108 Å². The molecule has 2 amide bonds. The smallest absolute Gasteiger partial charge is 0.240 e. The van der Waals surface area contributed by atoms with Crippen molar-refractivity contribution in [1.82, 2.24) is 10.6 Å². The van der Waals surface area contributed by atoms with E-state index in [-0.39, 0.29) is 18.4 Å². The molecule has 0 saturated heterocycles. The normalized spacial score (nSPS) is 31.8. The molecule has 0 radical (unpaired) electrons. The molecule has 2 saturated carbocycles. The first-order chi connectivity index (χ1) is 8.49. The highest BCUT2D eigenvalue weighted by molar-refractivity contribution is 5.90. The number of carbonyl (C=O) groups excluding carboxylic acids is 2. The second kappa shape index (κ2) is 5.26. The molecule has 2 fully saturated rings. The van der Waals surface area contributed by atoms with Gasteiger partial charge in [-0.3, -0.25) is 9.59 Å². The topological polar surface area (TPSA) is 84.2 Å². The summed E-state index contributed by atoms with van der Waals surface area (Å²) < 4.78 is 0. The number of hydrogen-bond acceptors (Lipinski definition) is 3. The minimum atomic E-state index is -0.780. The van der Waals surface area contributed by atoms with Crippen LogP contribution in [0.5, 0.6) is 0 Å². The van der Waals surface area contributed by atoms with Gasteiger partial charge in [0.05, 0.1) is 12.1 Å². The van der Waals surface area contributed by atoms with E-state index in [0.717, 1.165) is 25.7 Å². The lowest BCUT2D eigenvalue weighted by molar-refractivity contribution is -0.130. The van der Waals surface area contributed by atoms with Gasteiger partial charge >= 0.3 is 0 Å². The molecule has 2 aliphatic rings. The summed E-state index contributed by atoms with van der Waals surface area (Å²) in [5, 5.41) is 5.51. The highest BCUT2D eigenvalue weighted by Crippen LogP contribution is 2.30. The molecule has 0 aliphatic heterocycles. The van der Waals surface area contributed by atoms with Gasteiger partial charge in [0, 0.05) is 6.04 Å². The first-order valence-electron chi connectivity index (χ1n) is 6.86. The van der Waals surface area contributed by atoms with Crippen LogP contribution in [-0.4, -0.2) is 29.9 Å². The second-order valence-corrected chi connectivity index (χ2v) is 5.88. The lowest BCUT2D eigenvalue weighted by atomic mass is 9.76. The van der Waals surface area contributed by atoms with Crippen LogP contribution in [0.15, 0.2) is 0 Å². The Balaban J connectivity index is 1.77. The molecule has 4 N–H and O–H groups in total. The summed E-state index contributed by atoms with van der Waals surface area (Å²) in [6, 6.07) is 0.330. The Morgan fingerprint density at radius 2 is 2.06 bits per heavy atom. The summed E-state index contributed by atoms with van der Waals surface area (Å²) in [6.07, 6.45) is 5.65. The fraction of sp³-hybridized carbons (Fsp3) is 0.846. The van der Waals surface area contributed by atoms with Gasteiger partial charge in [-0.25, -0.2) is 0 Å². The molecular weight excluding hydrogens is 230 g/mol. The van der Waals surface area contributed by atoms with Crippen molar-refractivity contribution in [3.05, 3.63) is 0 Å². The number of hydrogen-bond donors (Lipinski definition) is 3. The van der Waals surface area contributed by atoms with Crippen LogP contribution in [0.3, 0.4) is 0 Å². The zero-order valence-electron chi connectivity index (χ0n) is 11.0. The molecule has 2 aliphatic carbocycles. The maximum atomic E-state index is 12.1. The van der Waals surface area contributed by atoms with Gasteiger partial charge in [-0.2, -0.15) is 0 Å². The van der Waals surface area contributed by atoms with Crippen molar-refractivity contribution in [2.45, 2.75) is 57.0 Å². The van der Waals surface area contributed by atoms with Gasteiger partial charge in [-0.1, -0.05) is 19.8 Å². The minimum absolute atomic E-state index is 0.0443. The molecule has 0 aromatic rings. The van der Waals surface area contributed by atoms with Crippen molar-refractivity contribution < 1.29 is 9.59 Å². The fourth-order valence-electron chi connectivity index (χ4n) is 2.64. The SMILES string of the molecule is CC1CCCC(N)(C(=O)NCC(=O)NC2CC2)C1. The van der Waals surface area contributed by atoms with Gasteiger partial charge in [-0.15, -0.1) is 0 Å². The van der Waals surface area contributed by atoms with Gasteiger partial charge in [-0.05, 0) is 31.6 Å². The summed E-state index contributed by atoms with van der Waals surface area (Å²) in [4.78, 5) is 23.5. The van der Waals surface area contributed by atoms with Gasteiger partial charge in [0.1, 0.15) is 0 Å². The molecule has 5 nitrogen and oxygen atoms in total. The van der Waals surface area contributed by atoms with E-state index in [1.54, 1.807) is 0 Å². The van der Waals surface area contributed by atoms with E-state index in [4.69, 9.17) is 5.73 Å². The number of amides is 2. The summed E-state index contributed by atoms with van der Waals surface area (Å²) in [7, 11) is 0. The average Bonchev–Trinajstić information content (AvgIpc) is 3.09.